The summed E-state index contributed by atoms with van der Waals surface area (Å²) in [5.74, 6) is 0.0882. The summed E-state index contributed by atoms with van der Waals surface area (Å²) in [6, 6.07) is 7.53. The normalized spacial score (nSPS) is 28.9. The molecule has 8 nitrogen and oxygen atoms in total. The number of hydrogen-bond acceptors (Lipinski definition) is 7. The van der Waals surface area contributed by atoms with Gasteiger partial charge in [-0.05, 0) is 24.6 Å². The van der Waals surface area contributed by atoms with Gasteiger partial charge in [0.05, 0.1) is 51.5 Å². The van der Waals surface area contributed by atoms with Crippen molar-refractivity contribution < 1.29 is 23.8 Å². The van der Waals surface area contributed by atoms with E-state index in [1.807, 2.05) is 31.2 Å². The first-order chi connectivity index (χ1) is 14.5. The first-order valence-electron chi connectivity index (χ1n) is 10.6. The summed E-state index contributed by atoms with van der Waals surface area (Å²) in [7, 11) is 1.62. The number of ether oxygens (including phenoxy) is 3. The highest BCUT2D eigenvalue weighted by Gasteiger charge is 2.57. The Bertz CT molecular complexity index is 759. The number of benzene rings is 1. The third kappa shape index (κ3) is 3.97. The zero-order chi connectivity index (χ0) is 21.1. The van der Waals surface area contributed by atoms with Crippen molar-refractivity contribution in [3.8, 4) is 5.75 Å². The topological polar surface area (TPSA) is 71.6 Å². The molecule has 0 spiro atoms. The second-order valence-electron chi connectivity index (χ2n) is 8.34. The van der Waals surface area contributed by atoms with Crippen LogP contribution in [0.4, 0.5) is 0 Å². The number of amides is 2. The smallest absolute Gasteiger partial charge is 0.241 e. The van der Waals surface area contributed by atoms with Crippen LogP contribution in [-0.4, -0.2) is 99.4 Å². The molecule has 0 saturated carbocycles. The van der Waals surface area contributed by atoms with Crippen molar-refractivity contribution in [1.82, 2.24) is 14.7 Å². The number of likely N-dealkylation sites (tertiary alicyclic amines) is 1. The highest BCUT2D eigenvalue weighted by Crippen LogP contribution is 2.42. The van der Waals surface area contributed by atoms with E-state index >= 15 is 0 Å². The molecule has 1 aromatic carbocycles. The van der Waals surface area contributed by atoms with Crippen LogP contribution >= 0.6 is 0 Å². The van der Waals surface area contributed by atoms with Crippen molar-refractivity contribution >= 4 is 11.8 Å². The van der Waals surface area contributed by atoms with E-state index in [0.29, 0.717) is 39.6 Å². The Labute approximate surface area is 177 Å². The summed E-state index contributed by atoms with van der Waals surface area (Å²) in [5, 5.41) is 0. The molecule has 0 radical (unpaired) electrons. The van der Waals surface area contributed by atoms with E-state index in [-0.39, 0.29) is 11.8 Å². The Hall–Kier alpha value is -2.00. The van der Waals surface area contributed by atoms with Gasteiger partial charge in [0.25, 0.3) is 0 Å². The standard InChI is InChI=1S/C22H31N3O5/c1-22(17-3-5-18(28-2)6-4-17)19(15-23-7-11-29-12-8-23)20(26)25(21(22)27)16-24-9-13-30-14-10-24/h3-6,19H,7-16H2,1-2H3. The summed E-state index contributed by atoms with van der Waals surface area (Å²) in [6.45, 7) is 8.38. The molecule has 30 heavy (non-hydrogen) atoms. The Morgan fingerprint density at radius 3 is 2.10 bits per heavy atom. The lowest BCUT2D eigenvalue weighted by Crippen LogP contribution is -2.47. The van der Waals surface area contributed by atoms with Crippen molar-refractivity contribution in [3.05, 3.63) is 29.8 Å². The number of hydrogen-bond donors (Lipinski definition) is 0. The quantitative estimate of drug-likeness (QED) is 0.627. The molecule has 0 aromatic heterocycles. The van der Waals surface area contributed by atoms with Gasteiger partial charge in [-0.1, -0.05) is 12.1 Å². The van der Waals surface area contributed by atoms with Crippen molar-refractivity contribution in [3.63, 3.8) is 0 Å². The van der Waals surface area contributed by atoms with Crippen LogP contribution in [0.1, 0.15) is 12.5 Å². The molecule has 164 valence electrons. The SMILES string of the molecule is COc1ccc(C2(C)C(=O)N(CN3CCOCC3)C(=O)C2CN2CCOCC2)cc1. The van der Waals surface area contributed by atoms with Gasteiger partial charge in [0, 0.05) is 32.7 Å². The fraction of sp³-hybridized carbons (Fsp3) is 0.636. The number of carbonyl (C=O) groups excluding carboxylic acids is 2. The minimum Gasteiger partial charge on any atom is -0.497 e. The number of imide groups is 1. The highest BCUT2D eigenvalue weighted by molar-refractivity contribution is 6.10. The van der Waals surface area contributed by atoms with Gasteiger partial charge in [-0.15, -0.1) is 0 Å². The zero-order valence-electron chi connectivity index (χ0n) is 17.8. The molecule has 3 aliphatic rings. The fourth-order valence-corrected chi connectivity index (χ4v) is 4.61. The zero-order valence-corrected chi connectivity index (χ0v) is 17.8. The number of morpholine rings is 2. The Kier molecular flexibility index (Phi) is 6.38. The van der Waals surface area contributed by atoms with E-state index in [1.54, 1.807) is 7.11 Å². The predicted octanol–water partition coefficient (Wildman–Crippen LogP) is 0.560. The number of rotatable bonds is 6. The molecule has 2 unspecified atom stereocenters. The molecule has 3 saturated heterocycles. The van der Waals surface area contributed by atoms with Crippen LogP contribution in [0.25, 0.3) is 0 Å². The molecule has 0 aliphatic carbocycles. The number of methoxy groups -OCH3 is 1. The average molecular weight is 418 g/mol. The first kappa shape index (κ1) is 21.2. The van der Waals surface area contributed by atoms with Gasteiger partial charge in [-0.2, -0.15) is 0 Å². The summed E-state index contributed by atoms with van der Waals surface area (Å²) in [5.41, 5.74) is -0.0575. The van der Waals surface area contributed by atoms with Gasteiger partial charge < -0.3 is 14.2 Å². The number of carbonyl (C=O) groups is 2. The minimum atomic E-state index is -0.909. The van der Waals surface area contributed by atoms with Crippen LogP contribution in [0.5, 0.6) is 5.75 Å². The third-order valence-corrected chi connectivity index (χ3v) is 6.63. The predicted molar refractivity (Wildman–Crippen MR) is 110 cm³/mol. The summed E-state index contributed by atoms with van der Waals surface area (Å²) < 4.78 is 16.2. The van der Waals surface area contributed by atoms with Crippen molar-refractivity contribution in [2.24, 2.45) is 5.92 Å². The van der Waals surface area contributed by atoms with E-state index in [4.69, 9.17) is 14.2 Å². The monoisotopic (exact) mass is 417 g/mol. The minimum absolute atomic E-state index is 0.0868. The van der Waals surface area contributed by atoms with Gasteiger partial charge in [-0.3, -0.25) is 24.3 Å². The molecule has 2 atom stereocenters. The van der Waals surface area contributed by atoms with E-state index in [0.717, 1.165) is 37.5 Å². The average Bonchev–Trinajstić information content (AvgIpc) is 2.97. The van der Waals surface area contributed by atoms with E-state index < -0.39 is 11.3 Å². The maximum atomic E-state index is 13.7. The van der Waals surface area contributed by atoms with Crippen LogP contribution < -0.4 is 4.74 Å². The number of nitrogens with zero attached hydrogens (tertiary/aromatic N) is 3. The molecule has 4 rings (SSSR count). The highest BCUT2D eigenvalue weighted by atomic mass is 16.5. The third-order valence-electron chi connectivity index (χ3n) is 6.63. The Morgan fingerprint density at radius 1 is 0.967 bits per heavy atom. The van der Waals surface area contributed by atoms with Gasteiger partial charge in [0.1, 0.15) is 5.75 Å². The fourth-order valence-electron chi connectivity index (χ4n) is 4.61. The lowest BCUT2D eigenvalue weighted by molar-refractivity contribution is -0.143. The Morgan fingerprint density at radius 2 is 1.53 bits per heavy atom. The van der Waals surface area contributed by atoms with E-state index in [1.165, 1.54) is 4.90 Å². The molecule has 3 fully saturated rings. The molecule has 8 heteroatoms. The molecule has 0 bridgehead atoms. The van der Waals surface area contributed by atoms with Gasteiger partial charge >= 0.3 is 0 Å². The maximum Gasteiger partial charge on any atom is 0.241 e. The van der Waals surface area contributed by atoms with Gasteiger partial charge in [0.2, 0.25) is 11.8 Å². The molecule has 0 N–H and O–H groups in total. The van der Waals surface area contributed by atoms with E-state index in [2.05, 4.69) is 9.80 Å². The molecule has 3 aliphatic heterocycles. The van der Waals surface area contributed by atoms with Gasteiger partial charge in [-0.25, -0.2) is 0 Å². The van der Waals surface area contributed by atoms with Crippen LogP contribution in [0.2, 0.25) is 0 Å². The van der Waals surface area contributed by atoms with Crippen LogP contribution in [0.15, 0.2) is 24.3 Å². The summed E-state index contributed by atoms with van der Waals surface area (Å²) in [6.07, 6.45) is 0. The second-order valence-corrected chi connectivity index (χ2v) is 8.34. The van der Waals surface area contributed by atoms with Crippen molar-refractivity contribution in [2.75, 3.05) is 72.9 Å². The van der Waals surface area contributed by atoms with Crippen molar-refractivity contribution in [2.45, 2.75) is 12.3 Å². The molecule has 2 amide bonds. The second kappa shape index (κ2) is 9.01. The lowest BCUT2D eigenvalue weighted by Gasteiger charge is -2.34. The van der Waals surface area contributed by atoms with Crippen LogP contribution in [0, 0.1) is 5.92 Å². The van der Waals surface area contributed by atoms with Crippen LogP contribution in [-0.2, 0) is 24.5 Å². The molecule has 1 aromatic rings. The summed E-state index contributed by atoms with van der Waals surface area (Å²) >= 11 is 0. The van der Waals surface area contributed by atoms with E-state index in [9.17, 15) is 9.59 Å². The first-order valence-corrected chi connectivity index (χ1v) is 10.6. The largest absolute Gasteiger partial charge is 0.497 e. The Balaban J connectivity index is 1.63. The summed E-state index contributed by atoms with van der Waals surface area (Å²) in [4.78, 5) is 33.0. The maximum absolute atomic E-state index is 13.7. The van der Waals surface area contributed by atoms with Gasteiger partial charge in [0.15, 0.2) is 0 Å². The van der Waals surface area contributed by atoms with Crippen LogP contribution in [0.3, 0.4) is 0 Å². The lowest BCUT2D eigenvalue weighted by atomic mass is 9.73. The molecular weight excluding hydrogens is 386 g/mol. The van der Waals surface area contributed by atoms with Crippen molar-refractivity contribution in [1.29, 1.82) is 0 Å². The molecule has 3 heterocycles. The molecular formula is C22H31N3O5.